The van der Waals surface area contributed by atoms with Gasteiger partial charge in [0.2, 0.25) is 0 Å². The van der Waals surface area contributed by atoms with Crippen molar-refractivity contribution in [2.75, 3.05) is 18.5 Å². The molecule has 0 saturated heterocycles. The van der Waals surface area contributed by atoms with E-state index in [9.17, 15) is 14.4 Å². The molecule has 0 atom stereocenters. The lowest BCUT2D eigenvalue weighted by atomic mass is 10.1. The average molecular weight is 409 g/mol. The number of anilines is 1. The fraction of sp³-hybridized carbons (Fsp3) is 0.211. The Hall–Kier alpha value is -2.57. The quantitative estimate of drug-likeness (QED) is 0.716. The standard InChI is InChI=1S/C19H18Cl2N2O4/c1-11-6-7-13(8-12(11)2)19(26)22-9-17(25)27-10-16(24)23-18-14(20)4-3-5-15(18)21/h3-8H,9-10H2,1-2H3,(H,22,26)(H,23,24). The lowest BCUT2D eigenvalue weighted by Gasteiger charge is -2.10. The van der Waals surface area contributed by atoms with Gasteiger partial charge in [0.25, 0.3) is 11.8 Å². The van der Waals surface area contributed by atoms with Crippen molar-refractivity contribution in [3.05, 3.63) is 63.1 Å². The van der Waals surface area contributed by atoms with E-state index < -0.39 is 24.4 Å². The number of esters is 1. The van der Waals surface area contributed by atoms with Gasteiger partial charge < -0.3 is 15.4 Å². The lowest BCUT2D eigenvalue weighted by Crippen LogP contribution is -2.32. The second-order valence-corrected chi connectivity index (χ2v) is 6.60. The van der Waals surface area contributed by atoms with Gasteiger partial charge in [-0.3, -0.25) is 14.4 Å². The van der Waals surface area contributed by atoms with Crippen molar-refractivity contribution in [2.24, 2.45) is 0 Å². The molecular formula is C19H18Cl2N2O4. The van der Waals surface area contributed by atoms with Gasteiger partial charge in [-0.1, -0.05) is 35.3 Å². The molecule has 2 aromatic carbocycles. The SMILES string of the molecule is Cc1ccc(C(=O)NCC(=O)OCC(=O)Nc2c(Cl)cccc2Cl)cc1C. The third-order valence-corrected chi connectivity index (χ3v) is 4.38. The van der Waals surface area contributed by atoms with Gasteiger partial charge in [0.1, 0.15) is 6.54 Å². The smallest absolute Gasteiger partial charge is 0.325 e. The highest BCUT2D eigenvalue weighted by Crippen LogP contribution is 2.29. The van der Waals surface area contributed by atoms with Crippen molar-refractivity contribution in [2.45, 2.75) is 13.8 Å². The van der Waals surface area contributed by atoms with Gasteiger partial charge in [-0.2, -0.15) is 0 Å². The molecule has 0 heterocycles. The van der Waals surface area contributed by atoms with E-state index in [1.54, 1.807) is 30.3 Å². The lowest BCUT2D eigenvalue weighted by molar-refractivity contribution is -0.146. The number of benzene rings is 2. The van der Waals surface area contributed by atoms with Crippen molar-refractivity contribution in [1.82, 2.24) is 5.32 Å². The number of halogens is 2. The molecule has 8 heteroatoms. The first-order valence-electron chi connectivity index (χ1n) is 8.03. The van der Waals surface area contributed by atoms with Crippen LogP contribution >= 0.6 is 23.2 Å². The van der Waals surface area contributed by atoms with Crippen molar-refractivity contribution >= 4 is 46.7 Å². The Labute approximate surface area is 166 Å². The molecule has 0 radical (unpaired) electrons. The molecule has 2 amide bonds. The highest BCUT2D eigenvalue weighted by Gasteiger charge is 2.13. The Balaban J connectivity index is 1.79. The van der Waals surface area contributed by atoms with Gasteiger partial charge in [0, 0.05) is 5.56 Å². The van der Waals surface area contributed by atoms with E-state index in [0.29, 0.717) is 5.56 Å². The van der Waals surface area contributed by atoms with Gasteiger partial charge in [-0.05, 0) is 49.2 Å². The molecule has 0 aliphatic rings. The van der Waals surface area contributed by atoms with Crippen LogP contribution in [0.1, 0.15) is 21.5 Å². The zero-order valence-corrected chi connectivity index (χ0v) is 16.3. The van der Waals surface area contributed by atoms with Crippen LogP contribution in [-0.2, 0) is 14.3 Å². The molecule has 142 valence electrons. The molecule has 6 nitrogen and oxygen atoms in total. The highest BCUT2D eigenvalue weighted by atomic mass is 35.5. The fourth-order valence-corrected chi connectivity index (χ4v) is 2.62. The van der Waals surface area contributed by atoms with E-state index in [2.05, 4.69) is 10.6 Å². The molecule has 0 unspecified atom stereocenters. The van der Waals surface area contributed by atoms with Crippen molar-refractivity contribution in [3.8, 4) is 0 Å². The topological polar surface area (TPSA) is 84.5 Å². The Morgan fingerprint density at radius 1 is 1.00 bits per heavy atom. The third-order valence-electron chi connectivity index (χ3n) is 3.75. The maximum atomic E-state index is 12.0. The van der Waals surface area contributed by atoms with E-state index in [4.69, 9.17) is 27.9 Å². The van der Waals surface area contributed by atoms with Crippen LogP contribution in [0.5, 0.6) is 0 Å². The normalized spacial score (nSPS) is 10.2. The van der Waals surface area contributed by atoms with Crippen LogP contribution in [0.25, 0.3) is 0 Å². The van der Waals surface area contributed by atoms with Gasteiger partial charge in [0.05, 0.1) is 15.7 Å². The number of carbonyl (C=O) groups is 3. The Morgan fingerprint density at radius 2 is 1.67 bits per heavy atom. The number of hydrogen-bond acceptors (Lipinski definition) is 4. The number of para-hydroxylation sites is 1. The number of hydrogen-bond donors (Lipinski definition) is 2. The van der Waals surface area contributed by atoms with E-state index in [-0.39, 0.29) is 22.3 Å². The summed E-state index contributed by atoms with van der Waals surface area (Å²) in [5.41, 5.74) is 2.72. The molecule has 0 aliphatic carbocycles. The molecule has 0 aromatic heterocycles. The molecule has 0 fully saturated rings. The van der Waals surface area contributed by atoms with Crippen LogP contribution in [0, 0.1) is 13.8 Å². The Kier molecular flexibility index (Phi) is 7.21. The molecule has 2 rings (SSSR count). The second kappa shape index (κ2) is 9.39. The van der Waals surface area contributed by atoms with Crippen LogP contribution in [0.3, 0.4) is 0 Å². The van der Waals surface area contributed by atoms with Crippen LogP contribution in [0.2, 0.25) is 10.0 Å². The molecule has 0 spiro atoms. The molecular weight excluding hydrogens is 391 g/mol. The van der Waals surface area contributed by atoms with Crippen molar-refractivity contribution in [1.29, 1.82) is 0 Å². The molecule has 0 saturated carbocycles. The molecule has 0 bridgehead atoms. The monoisotopic (exact) mass is 408 g/mol. The van der Waals surface area contributed by atoms with Gasteiger partial charge in [0.15, 0.2) is 6.61 Å². The van der Waals surface area contributed by atoms with Crippen LogP contribution in [0.4, 0.5) is 5.69 Å². The zero-order chi connectivity index (χ0) is 20.0. The minimum atomic E-state index is -0.743. The number of ether oxygens (including phenoxy) is 1. The summed E-state index contributed by atoms with van der Waals surface area (Å²) in [6.07, 6.45) is 0. The number of rotatable bonds is 6. The summed E-state index contributed by atoms with van der Waals surface area (Å²) in [5.74, 6) is -1.74. The summed E-state index contributed by atoms with van der Waals surface area (Å²) < 4.78 is 4.83. The summed E-state index contributed by atoms with van der Waals surface area (Å²) in [6, 6.07) is 10.0. The Morgan fingerprint density at radius 3 is 2.30 bits per heavy atom. The largest absolute Gasteiger partial charge is 0.454 e. The number of nitrogens with one attached hydrogen (secondary N) is 2. The summed E-state index contributed by atoms with van der Waals surface area (Å²) in [4.78, 5) is 35.6. The zero-order valence-electron chi connectivity index (χ0n) is 14.8. The summed E-state index contributed by atoms with van der Waals surface area (Å²) in [5, 5.41) is 5.45. The molecule has 2 aromatic rings. The van der Waals surface area contributed by atoms with E-state index >= 15 is 0 Å². The first-order chi connectivity index (χ1) is 12.8. The molecule has 0 aliphatic heterocycles. The predicted octanol–water partition coefficient (Wildman–Crippen LogP) is 3.52. The number of aryl methyl sites for hydroxylation is 2. The number of amides is 2. The van der Waals surface area contributed by atoms with Crippen LogP contribution in [0.15, 0.2) is 36.4 Å². The minimum Gasteiger partial charge on any atom is -0.454 e. The molecule has 27 heavy (non-hydrogen) atoms. The summed E-state index contributed by atoms with van der Waals surface area (Å²) >= 11 is 11.9. The van der Waals surface area contributed by atoms with Crippen molar-refractivity contribution < 1.29 is 19.1 Å². The van der Waals surface area contributed by atoms with E-state index in [0.717, 1.165) is 11.1 Å². The highest BCUT2D eigenvalue weighted by molar-refractivity contribution is 6.39. The van der Waals surface area contributed by atoms with Gasteiger partial charge >= 0.3 is 5.97 Å². The predicted molar refractivity (Wildman–Crippen MR) is 104 cm³/mol. The van der Waals surface area contributed by atoms with Gasteiger partial charge in [-0.25, -0.2) is 0 Å². The Bertz CT molecular complexity index is 864. The van der Waals surface area contributed by atoms with Crippen LogP contribution < -0.4 is 10.6 Å². The fourth-order valence-electron chi connectivity index (χ4n) is 2.13. The van der Waals surface area contributed by atoms with Crippen molar-refractivity contribution in [3.63, 3.8) is 0 Å². The maximum absolute atomic E-state index is 12.0. The molecule has 2 N–H and O–H groups in total. The summed E-state index contributed by atoms with van der Waals surface area (Å²) in [6.45, 7) is 2.95. The minimum absolute atomic E-state index is 0.241. The van der Waals surface area contributed by atoms with E-state index in [1.807, 2.05) is 19.9 Å². The summed E-state index contributed by atoms with van der Waals surface area (Å²) in [7, 11) is 0. The first kappa shape index (κ1) is 20.7. The first-order valence-corrected chi connectivity index (χ1v) is 8.78. The van der Waals surface area contributed by atoms with Gasteiger partial charge in [-0.15, -0.1) is 0 Å². The third kappa shape index (κ3) is 5.98. The van der Waals surface area contributed by atoms with Crippen LogP contribution in [-0.4, -0.2) is 30.9 Å². The van der Waals surface area contributed by atoms with E-state index in [1.165, 1.54) is 0 Å². The second-order valence-electron chi connectivity index (χ2n) is 5.79. The number of carbonyl (C=O) groups excluding carboxylic acids is 3. The maximum Gasteiger partial charge on any atom is 0.325 e. The average Bonchev–Trinajstić information content (AvgIpc) is 2.63.